The SMILES string of the molecule is Cc1cc(Cl)c2c(c1)nc(CCNC1CC1)n2C. The maximum atomic E-state index is 6.30. The van der Waals surface area contributed by atoms with Crippen molar-refractivity contribution in [2.45, 2.75) is 32.2 Å². The maximum absolute atomic E-state index is 6.30. The Hall–Kier alpha value is -1.06. The van der Waals surface area contributed by atoms with Crippen molar-refractivity contribution in [1.82, 2.24) is 14.9 Å². The molecule has 0 saturated heterocycles. The minimum atomic E-state index is 0.755. The summed E-state index contributed by atoms with van der Waals surface area (Å²) in [5, 5.41) is 4.31. The number of imidazole rings is 1. The normalized spacial score (nSPS) is 15.5. The van der Waals surface area contributed by atoms with Crippen molar-refractivity contribution in [3.63, 3.8) is 0 Å². The minimum Gasteiger partial charge on any atom is -0.330 e. The molecule has 1 aromatic heterocycles. The first-order valence-electron chi connectivity index (χ1n) is 6.50. The third-order valence-electron chi connectivity index (χ3n) is 3.52. The van der Waals surface area contributed by atoms with Crippen molar-refractivity contribution in [1.29, 1.82) is 0 Å². The van der Waals surface area contributed by atoms with Crippen molar-refractivity contribution in [2.24, 2.45) is 7.05 Å². The average Bonchev–Trinajstić information content (AvgIpc) is 3.05. The van der Waals surface area contributed by atoms with Gasteiger partial charge in [0.1, 0.15) is 5.82 Å². The lowest BCUT2D eigenvalue weighted by Gasteiger charge is -2.04. The van der Waals surface area contributed by atoms with Gasteiger partial charge in [-0.3, -0.25) is 0 Å². The molecular formula is C14H18ClN3. The minimum absolute atomic E-state index is 0.755. The molecule has 1 N–H and O–H groups in total. The molecule has 1 heterocycles. The van der Waals surface area contributed by atoms with Gasteiger partial charge < -0.3 is 9.88 Å². The topological polar surface area (TPSA) is 29.9 Å². The lowest BCUT2D eigenvalue weighted by molar-refractivity contribution is 0.654. The highest BCUT2D eigenvalue weighted by atomic mass is 35.5. The summed E-state index contributed by atoms with van der Waals surface area (Å²) >= 11 is 6.30. The Bertz CT molecular complexity index is 584. The molecule has 2 aromatic rings. The van der Waals surface area contributed by atoms with E-state index in [1.165, 1.54) is 12.8 Å². The fourth-order valence-corrected chi connectivity index (χ4v) is 2.77. The summed E-state index contributed by atoms with van der Waals surface area (Å²) in [6, 6.07) is 4.85. The maximum Gasteiger partial charge on any atom is 0.110 e. The monoisotopic (exact) mass is 263 g/mol. The smallest absolute Gasteiger partial charge is 0.110 e. The fourth-order valence-electron chi connectivity index (χ4n) is 2.38. The van der Waals surface area contributed by atoms with Crippen LogP contribution in [-0.2, 0) is 13.5 Å². The molecule has 0 radical (unpaired) electrons. The largest absolute Gasteiger partial charge is 0.330 e. The van der Waals surface area contributed by atoms with Crippen LogP contribution in [0.4, 0.5) is 0 Å². The standard InChI is InChI=1S/C14H18ClN3/c1-9-7-11(15)14-12(8-9)17-13(18(14)2)5-6-16-10-3-4-10/h7-8,10,16H,3-6H2,1-2H3. The summed E-state index contributed by atoms with van der Waals surface area (Å²) in [4.78, 5) is 4.69. The van der Waals surface area contributed by atoms with Crippen LogP contribution in [0.5, 0.6) is 0 Å². The van der Waals surface area contributed by atoms with Crippen molar-refractivity contribution in [3.8, 4) is 0 Å². The van der Waals surface area contributed by atoms with E-state index in [-0.39, 0.29) is 0 Å². The van der Waals surface area contributed by atoms with Crippen LogP contribution >= 0.6 is 11.6 Å². The fraction of sp³-hybridized carbons (Fsp3) is 0.500. The van der Waals surface area contributed by atoms with Crippen molar-refractivity contribution >= 4 is 22.6 Å². The zero-order valence-electron chi connectivity index (χ0n) is 10.8. The third-order valence-corrected chi connectivity index (χ3v) is 3.81. The summed E-state index contributed by atoms with van der Waals surface area (Å²) in [5.41, 5.74) is 3.21. The second-order valence-corrected chi connectivity index (χ2v) is 5.59. The van der Waals surface area contributed by atoms with Gasteiger partial charge in [0.15, 0.2) is 0 Å². The molecule has 0 atom stereocenters. The number of halogens is 1. The van der Waals surface area contributed by atoms with Crippen LogP contribution in [-0.4, -0.2) is 22.1 Å². The van der Waals surface area contributed by atoms with Gasteiger partial charge in [-0.15, -0.1) is 0 Å². The van der Waals surface area contributed by atoms with E-state index in [0.717, 1.165) is 46.5 Å². The van der Waals surface area contributed by atoms with Gasteiger partial charge in [-0.25, -0.2) is 4.98 Å². The summed E-state index contributed by atoms with van der Waals surface area (Å²) in [7, 11) is 2.04. The van der Waals surface area contributed by atoms with Gasteiger partial charge in [-0.05, 0) is 37.5 Å². The number of fused-ring (bicyclic) bond motifs is 1. The predicted octanol–water partition coefficient (Wildman–Crippen LogP) is 2.83. The van der Waals surface area contributed by atoms with Gasteiger partial charge >= 0.3 is 0 Å². The van der Waals surface area contributed by atoms with E-state index < -0.39 is 0 Å². The van der Waals surface area contributed by atoms with E-state index in [4.69, 9.17) is 11.6 Å². The number of aromatic nitrogens is 2. The molecule has 3 nitrogen and oxygen atoms in total. The van der Waals surface area contributed by atoms with Crippen LogP contribution in [0.15, 0.2) is 12.1 Å². The highest BCUT2D eigenvalue weighted by Crippen LogP contribution is 2.25. The van der Waals surface area contributed by atoms with Crippen molar-refractivity contribution in [2.75, 3.05) is 6.54 Å². The molecular weight excluding hydrogens is 246 g/mol. The van der Waals surface area contributed by atoms with Gasteiger partial charge in [0.2, 0.25) is 0 Å². The molecule has 3 rings (SSSR count). The molecule has 0 spiro atoms. The first-order valence-corrected chi connectivity index (χ1v) is 6.88. The Morgan fingerprint density at radius 3 is 2.94 bits per heavy atom. The first kappa shape index (κ1) is 12.0. The van der Waals surface area contributed by atoms with E-state index in [0.29, 0.717) is 0 Å². The molecule has 1 saturated carbocycles. The number of hydrogen-bond acceptors (Lipinski definition) is 2. The second-order valence-electron chi connectivity index (χ2n) is 5.18. The summed E-state index contributed by atoms with van der Waals surface area (Å²) in [5.74, 6) is 1.10. The quantitative estimate of drug-likeness (QED) is 0.919. The van der Waals surface area contributed by atoms with Crippen LogP contribution in [0, 0.1) is 6.92 Å². The first-order chi connectivity index (χ1) is 8.65. The van der Waals surface area contributed by atoms with Crippen molar-refractivity contribution in [3.05, 3.63) is 28.5 Å². The number of nitrogens with one attached hydrogen (secondary N) is 1. The molecule has 1 aliphatic carbocycles. The zero-order chi connectivity index (χ0) is 12.7. The number of rotatable bonds is 4. The molecule has 96 valence electrons. The lowest BCUT2D eigenvalue weighted by atomic mass is 10.2. The van der Waals surface area contributed by atoms with Gasteiger partial charge in [-0.1, -0.05) is 11.6 Å². The van der Waals surface area contributed by atoms with E-state index in [1.807, 2.05) is 20.0 Å². The van der Waals surface area contributed by atoms with E-state index >= 15 is 0 Å². The Morgan fingerprint density at radius 1 is 1.44 bits per heavy atom. The average molecular weight is 264 g/mol. The molecule has 18 heavy (non-hydrogen) atoms. The number of aryl methyl sites for hydroxylation is 2. The lowest BCUT2D eigenvalue weighted by Crippen LogP contribution is -2.20. The van der Waals surface area contributed by atoms with Crippen LogP contribution in [0.3, 0.4) is 0 Å². The Balaban J connectivity index is 1.87. The highest BCUT2D eigenvalue weighted by Gasteiger charge is 2.20. The van der Waals surface area contributed by atoms with Crippen LogP contribution in [0.2, 0.25) is 5.02 Å². The molecule has 0 aliphatic heterocycles. The van der Waals surface area contributed by atoms with Gasteiger partial charge in [-0.2, -0.15) is 0 Å². The molecule has 0 unspecified atom stereocenters. The third kappa shape index (κ3) is 2.25. The predicted molar refractivity (Wildman–Crippen MR) is 75.2 cm³/mol. The van der Waals surface area contributed by atoms with Gasteiger partial charge in [0, 0.05) is 26.1 Å². The summed E-state index contributed by atoms with van der Waals surface area (Å²) < 4.78 is 2.12. The van der Waals surface area contributed by atoms with Crippen LogP contribution in [0.25, 0.3) is 11.0 Å². The van der Waals surface area contributed by atoms with Crippen LogP contribution < -0.4 is 5.32 Å². The highest BCUT2D eigenvalue weighted by molar-refractivity contribution is 6.35. The Labute approximate surface area is 112 Å². The molecule has 0 amide bonds. The molecule has 1 fully saturated rings. The molecule has 4 heteroatoms. The number of nitrogens with zero attached hydrogens (tertiary/aromatic N) is 2. The van der Waals surface area contributed by atoms with Crippen molar-refractivity contribution < 1.29 is 0 Å². The number of hydrogen-bond donors (Lipinski definition) is 1. The summed E-state index contributed by atoms with van der Waals surface area (Å²) in [6.07, 6.45) is 3.61. The zero-order valence-corrected chi connectivity index (χ0v) is 11.6. The molecule has 0 bridgehead atoms. The van der Waals surface area contributed by atoms with E-state index in [1.54, 1.807) is 0 Å². The van der Waals surface area contributed by atoms with Crippen LogP contribution in [0.1, 0.15) is 24.2 Å². The number of benzene rings is 1. The van der Waals surface area contributed by atoms with E-state index in [9.17, 15) is 0 Å². The second kappa shape index (κ2) is 4.56. The van der Waals surface area contributed by atoms with Gasteiger partial charge in [0.25, 0.3) is 0 Å². The molecule has 1 aromatic carbocycles. The van der Waals surface area contributed by atoms with Gasteiger partial charge in [0.05, 0.1) is 16.1 Å². The summed E-state index contributed by atoms with van der Waals surface area (Å²) in [6.45, 7) is 3.05. The van der Waals surface area contributed by atoms with E-state index in [2.05, 4.69) is 20.9 Å². The molecule has 1 aliphatic rings. The Morgan fingerprint density at radius 2 is 2.22 bits per heavy atom. The Kier molecular flexibility index (Phi) is 3.04.